The Morgan fingerprint density at radius 2 is 2.27 bits per heavy atom. The highest BCUT2D eigenvalue weighted by Crippen LogP contribution is 2.62. The number of carbonyl (C=O) groups is 1. The van der Waals surface area contributed by atoms with Crippen molar-refractivity contribution in [2.24, 2.45) is 5.41 Å². The zero-order valence-electron chi connectivity index (χ0n) is 9.84. The lowest BCUT2D eigenvalue weighted by molar-refractivity contribution is -0.147. The lowest BCUT2D eigenvalue weighted by Gasteiger charge is -2.29. The summed E-state index contributed by atoms with van der Waals surface area (Å²) < 4.78 is 10.8. The third kappa shape index (κ3) is 1.67. The van der Waals surface area contributed by atoms with E-state index in [9.17, 15) is 4.79 Å². The first-order valence-electron chi connectivity index (χ1n) is 5.85. The summed E-state index contributed by atoms with van der Waals surface area (Å²) in [7, 11) is 0. The molecule has 1 saturated carbocycles. The number of esters is 1. The van der Waals surface area contributed by atoms with E-state index in [-0.39, 0.29) is 17.0 Å². The van der Waals surface area contributed by atoms with Crippen LogP contribution in [0.3, 0.4) is 0 Å². The monoisotopic (exact) mass is 212 g/mol. The van der Waals surface area contributed by atoms with E-state index in [1.165, 1.54) is 0 Å². The molecule has 3 nitrogen and oxygen atoms in total. The average Bonchev–Trinajstić information content (AvgIpc) is 2.79. The van der Waals surface area contributed by atoms with Crippen molar-refractivity contribution in [3.8, 4) is 0 Å². The van der Waals surface area contributed by atoms with Gasteiger partial charge in [0, 0.05) is 5.41 Å². The average molecular weight is 212 g/mol. The van der Waals surface area contributed by atoms with Gasteiger partial charge in [0.15, 0.2) is 0 Å². The van der Waals surface area contributed by atoms with Gasteiger partial charge in [-0.15, -0.1) is 0 Å². The van der Waals surface area contributed by atoms with Crippen molar-refractivity contribution >= 4 is 5.97 Å². The number of rotatable bonds is 4. The minimum atomic E-state index is -0.0725. The summed E-state index contributed by atoms with van der Waals surface area (Å²) >= 11 is 0. The van der Waals surface area contributed by atoms with Gasteiger partial charge in [-0.25, -0.2) is 0 Å². The van der Waals surface area contributed by atoms with Crippen molar-refractivity contribution in [2.45, 2.75) is 58.2 Å². The van der Waals surface area contributed by atoms with Gasteiger partial charge in [0.1, 0.15) is 0 Å². The zero-order chi connectivity index (χ0) is 11.1. The van der Waals surface area contributed by atoms with Crippen LogP contribution in [-0.2, 0) is 14.3 Å². The van der Waals surface area contributed by atoms with Crippen LogP contribution in [0, 0.1) is 5.41 Å². The van der Waals surface area contributed by atoms with Gasteiger partial charge in [-0.2, -0.15) is 0 Å². The summed E-state index contributed by atoms with van der Waals surface area (Å²) in [6.45, 7) is 6.81. The van der Waals surface area contributed by atoms with E-state index in [2.05, 4.69) is 13.8 Å². The number of carbonyl (C=O) groups excluding carboxylic acids is 1. The van der Waals surface area contributed by atoms with E-state index in [0.29, 0.717) is 19.1 Å². The Morgan fingerprint density at radius 1 is 1.53 bits per heavy atom. The van der Waals surface area contributed by atoms with Crippen LogP contribution in [0.1, 0.15) is 46.5 Å². The number of epoxide rings is 1. The van der Waals surface area contributed by atoms with Crippen molar-refractivity contribution in [2.75, 3.05) is 6.61 Å². The van der Waals surface area contributed by atoms with E-state index >= 15 is 0 Å². The van der Waals surface area contributed by atoms with Crippen LogP contribution in [-0.4, -0.2) is 24.3 Å². The topological polar surface area (TPSA) is 38.8 Å². The molecule has 0 bridgehead atoms. The minimum absolute atomic E-state index is 0.0114. The van der Waals surface area contributed by atoms with E-state index < -0.39 is 0 Å². The second-order valence-corrected chi connectivity index (χ2v) is 5.21. The molecular weight excluding hydrogens is 192 g/mol. The van der Waals surface area contributed by atoms with Crippen LogP contribution in [0.25, 0.3) is 0 Å². The Morgan fingerprint density at radius 3 is 2.73 bits per heavy atom. The maximum atomic E-state index is 11.6. The predicted octanol–water partition coefficient (Wildman–Crippen LogP) is 2.29. The van der Waals surface area contributed by atoms with Crippen molar-refractivity contribution in [3.63, 3.8) is 0 Å². The molecule has 1 aliphatic heterocycles. The largest absolute Gasteiger partial charge is 0.466 e. The summed E-state index contributed by atoms with van der Waals surface area (Å²) in [6, 6.07) is 0. The summed E-state index contributed by atoms with van der Waals surface area (Å²) in [5.74, 6) is -0.0725. The fourth-order valence-corrected chi connectivity index (χ4v) is 2.67. The Kier molecular flexibility index (Phi) is 2.53. The van der Waals surface area contributed by atoms with Gasteiger partial charge < -0.3 is 9.47 Å². The Balaban J connectivity index is 1.91. The lowest BCUT2D eigenvalue weighted by Crippen LogP contribution is -2.33. The summed E-state index contributed by atoms with van der Waals surface area (Å²) in [6.07, 6.45) is 3.95. The van der Waals surface area contributed by atoms with Gasteiger partial charge in [0.2, 0.25) is 0 Å². The second-order valence-electron chi connectivity index (χ2n) is 5.21. The van der Waals surface area contributed by atoms with Gasteiger partial charge in [-0.3, -0.25) is 4.79 Å². The number of fused-ring (bicyclic) bond motifs is 1. The first-order valence-corrected chi connectivity index (χ1v) is 5.85. The molecule has 2 rings (SSSR count). The molecule has 1 aliphatic carbocycles. The van der Waals surface area contributed by atoms with Crippen LogP contribution in [0.2, 0.25) is 0 Å². The molecule has 86 valence electrons. The Hall–Kier alpha value is -0.570. The van der Waals surface area contributed by atoms with E-state index in [1.54, 1.807) is 0 Å². The third-order valence-electron chi connectivity index (χ3n) is 4.10. The molecule has 3 atom stereocenters. The molecule has 0 aromatic heterocycles. The number of ether oxygens (including phenoxy) is 2. The molecule has 0 amide bonds. The van der Waals surface area contributed by atoms with Crippen molar-refractivity contribution in [3.05, 3.63) is 0 Å². The molecule has 2 aliphatic rings. The number of hydrogen-bond donors (Lipinski definition) is 0. The zero-order valence-corrected chi connectivity index (χ0v) is 9.84. The van der Waals surface area contributed by atoms with Crippen molar-refractivity contribution in [1.29, 1.82) is 0 Å². The van der Waals surface area contributed by atoms with Crippen LogP contribution in [0.5, 0.6) is 0 Å². The minimum Gasteiger partial charge on any atom is -0.466 e. The quantitative estimate of drug-likeness (QED) is 0.530. The lowest BCUT2D eigenvalue weighted by atomic mass is 9.77. The first kappa shape index (κ1) is 10.9. The smallest absolute Gasteiger partial charge is 0.306 e. The molecule has 2 fully saturated rings. The molecule has 0 radical (unpaired) electrons. The van der Waals surface area contributed by atoms with Crippen LogP contribution < -0.4 is 0 Å². The van der Waals surface area contributed by atoms with Gasteiger partial charge in [0.05, 0.1) is 24.7 Å². The Labute approximate surface area is 91.1 Å². The summed E-state index contributed by atoms with van der Waals surface area (Å²) in [5, 5.41) is 0. The van der Waals surface area contributed by atoms with Gasteiger partial charge >= 0.3 is 5.97 Å². The maximum absolute atomic E-state index is 11.6. The fourth-order valence-electron chi connectivity index (χ4n) is 2.67. The molecule has 0 aromatic carbocycles. The molecule has 1 heterocycles. The van der Waals surface area contributed by atoms with Crippen LogP contribution >= 0.6 is 0 Å². The summed E-state index contributed by atoms with van der Waals surface area (Å²) in [5.41, 5.74) is -0.0687. The molecular formula is C12H20O3. The SMILES string of the molecule is CCCOC(=O)CC1(C)CCC2OC21C. The highest BCUT2D eigenvalue weighted by atomic mass is 16.6. The third-order valence-corrected chi connectivity index (χ3v) is 4.10. The molecule has 1 saturated heterocycles. The molecule has 0 aromatic rings. The standard InChI is InChI=1S/C12H20O3/c1-4-7-14-10(13)8-11(2)6-5-9-12(11,3)15-9/h9H,4-8H2,1-3H3. The normalized spacial score (nSPS) is 42.5. The number of hydrogen-bond acceptors (Lipinski definition) is 3. The molecule has 0 N–H and O–H groups in total. The fraction of sp³-hybridized carbons (Fsp3) is 0.917. The van der Waals surface area contributed by atoms with E-state index in [1.807, 2.05) is 6.92 Å². The molecule has 3 unspecified atom stereocenters. The van der Waals surface area contributed by atoms with E-state index in [0.717, 1.165) is 19.3 Å². The molecule has 0 spiro atoms. The Bertz CT molecular complexity index is 274. The van der Waals surface area contributed by atoms with Gasteiger partial charge in [-0.1, -0.05) is 13.8 Å². The predicted molar refractivity (Wildman–Crippen MR) is 56.5 cm³/mol. The van der Waals surface area contributed by atoms with E-state index in [4.69, 9.17) is 9.47 Å². The summed E-state index contributed by atoms with van der Waals surface area (Å²) in [4.78, 5) is 11.6. The molecule has 15 heavy (non-hydrogen) atoms. The van der Waals surface area contributed by atoms with Crippen molar-refractivity contribution in [1.82, 2.24) is 0 Å². The molecule has 3 heteroatoms. The first-order chi connectivity index (χ1) is 7.02. The van der Waals surface area contributed by atoms with Gasteiger partial charge in [-0.05, 0) is 26.2 Å². The highest BCUT2D eigenvalue weighted by Gasteiger charge is 2.68. The second kappa shape index (κ2) is 3.48. The van der Waals surface area contributed by atoms with Crippen LogP contribution in [0.15, 0.2) is 0 Å². The van der Waals surface area contributed by atoms with Crippen molar-refractivity contribution < 1.29 is 14.3 Å². The highest BCUT2D eigenvalue weighted by molar-refractivity contribution is 5.70. The maximum Gasteiger partial charge on any atom is 0.306 e. The van der Waals surface area contributed by atoms with Gasteiger partial charge in [0.25, 0.3) is 0 Å². The van der Waals surface area contributed by atoms with Crippen LogP contribution in [0.4, 0.5) is 0 Å².